The fourth-order valence-electron chi connectivity index (χ4n) is 6.24. The highest BCUT2D eigenvalue weighted by Gasteiger charge is 2.39. The second-order valence-electron chi connectivity index (χ2n) is 11.3. The first-order valence-corrected chi connectivity index (χ1v) is 14.3. The molecule has 3 amide bonds. The number of benzene rings is 1. The van der Waals surface area contributed by atoms with Crippen LogP contribution in [0, 0.1) is 11.8 Å². The molecule has 3 fully saturated rings. The Balaban J connectivity index is 1.18. The molecule has 0 aromatic heterocycles. The number of rotatable bonds is 6. The quantitative estimate of drug-likeness (QED) is 0.587. The second-order valence-corrected chi connectivity index (χ2v) is 11.3. The Bertz CT molecular complexity index is 1000. The third-order valence-corrected chi connectivity index (χ3v) is 8.60. The van der Waals surface area contributed by atoms with Gasteiger partial charge in [-0.15, -0.1) is 0 Å². The van der Waals surface area contributed by atoms with E-state index in [4.69, 9.17) is 14.2 Å². The van der Waals surface area contributed by atoms with Crippen LogP contribution in [0.3, 0.4) is 0 Å². The van der Waals surface area contributed by atoms with Crippen molar-refractivity contribution in [2.45, 2.75) is 82.5 Å². The Morgan fingerprint density at radius 2 is 1.82 bits per heavy atom. The lowest BCUT2D eigenvalue weighted by Crippen LogP contribution is -2.54. The van der Waals surface area contributed by atoms with Gasteiger partial charge < -0.3 is 29.7 Å². The predicted octanol–water partition coefficient (Wildman–Crippen LogP) is 3.52. The zero-order valence-corrected chi connectivity index (χ0v) is 22.4. The minimum absolute atomic E-state index is 0.0379. The molecule has 4 aliphatic rings. The standard InChI is InChI=1S/C29H41N3O6/c1-32-24-9-8-22(16-27(33)30-17-19-5-3-2-4-6-19)38-26(24)18-37-25-10-7-21(15-23(25)29(32)35)31-28(34)20-11-13-36-14-12-20/h7,10,15,19-20,22,24,26H,2-6,8-9,11-14,16-18H2,1H3,(H,30,33)(H,31,34)/t22-,24+,26+/m0/s1. The summed E-state index contributed by atoms with van der Waals surface area (Å²) in [4.78, 5) is 40.5. The average molecular weight is 528 g/mol. The molecule has 3 heterocycles. The van der Waals surface area contributed by atoms with Crippen molar-refractivity contribution in [3.63, 3.8) is 0 Å². The van der Waals surface area contributed by atoms with Crippen molar-refractivity contribution in [1.29, 1.82) is 0 Å². The lowest BCUT2D eigenvalue weighted by molar-refractivity contribution is -0.134. The van der Waals surface area contributed by atoms with E-state index in [-0.39, 0.29) is 41.9 Å². The summed E-state index contributed by atoms with van der Waals surface area (Å²) >= 11 is 0. The fourth-order valence-corrected chi connectivity index (χ4v) is 6.24. The summed E-state index contributed by atoms with van der Waals surface area (Å²) in [5, 5.41) is 6.07. The number of carbonyl (C=O) groups excluding carboxylic acids is 3. The maximum absolute atomic E-state index is 13.5. The number of hydrogen-bond acceptors (Lipinski definition) is 6. The molecule has 0 spiro atoms. The van der Waals surface area contributed by atoms with Crippen LogP contribution in [0.15, 0.2) is 18.2 Å². The fraction of sp³-hybridized carbons (Fsp3) is 0.690. The minimum Gasteiger partial charge on any atom is -0.490 e. The number of fused-ring (bicyclic) bond motifs is 2. The smallest absolute Gasteiger partial charge is 0.257 e. The van der Waals surface area contributed by atoms with E-state index in [9.17, 15) is 14.4 Å². The molecule has 3 aliphatic heterocycles. The number of likely N-dealkylation sites (N-methyl/N-ethyl adjacent to an activating group) is 1. The maximum Gasteiger partial charge on any atom is 0.257 e. The topological polar surface area (TPSA) is 106 Å². The van der Waals surface area contributed by atoms with Crippen molar-refractivity contribution in [2.24, 2.45) is 11.8 Å². The zero-order valence-electron chi connectivity index (χ0n) is 22.4. The van der Waals surface area contributed by atoms with Gasteiger partial charge in [-0.05, 0) is 62.6 Å². The Labute approximate surface area is 224 Å². The number of hydrogen-bond donors (Lipinski definition) is 2. The lowest BCUT2D eigenvalue weighted by atomic mass is 9.89. The van der Waals surface area contributed by atoms with E-state index in [1.807, 2.05) is 0 Å². The van der Waals surface area contributed by atoms with Crippen LogP contribution in [0.4, 0.5) is 5.69 Å². The van der Waals surface area contributed by atoms with E-state index >= 15 is 0 Å². The molecule has 3 atom stereocenters. The van der Waals surface area contributed by atoms with Crippen molar-refractivity contribution in [3.05, 3.63) is 23.8 Å². The summed E-state index contributed by atoms with van der Waals surface area (Å²) in [6, 6.07) is 5.07. The van der Waals surface area contributed by atoms with Crippen molar-refractivity contribution < 1.29 is 28.6 Å². The molecule has 0 unspecified atom stereocenters. The average Bonchev–Trinajstić information content (AvgIpc) is 2.95. The zero-order chi connectivity index (χ0) is 26.5. The van der Waals surface area contributed by atoms with Gasteiger partial charge in [0.05, 0.1) is 24.1 Å². The summed E-state index contributed by atoms with van der Waals surface area (Å²) in [5.41, 5.74) is 1.02. The largest absolute Gasteiger partial charge is 0.490 e. The molecule has 1 aromatic rings. The molecule has 1 aromatic carbocycles. The molecular formula is C29H41N3O6. The number of amides is 3. The van der Waals surface area contributed by atoms with Gasteiger partial charge in [-0.2, -0.15) is 0 Å². The molecule has 9 heteroatoms. The van der Waals surface area contributed by atoms with Crippen molar-refractivity contribution >= 4 is 23.4 Å². The first-order valence-electron chi connectivity index (χ1n) is 14.3. The molecule has 2 saturated heterocycles. The van der Waals surface area contributed by atoms with Crippen LogP contribution in [-0.4, -0.2) is 74.3 Å². The van der Waals surface area contributed by atoms with E-state index in [1.54, 1.807) is 30.1 Å². The lowest BCUT2D eigenvalue weighted by Gasteiger charge is -2.42. The van der Waals surface area contributed by atoms with Crippen molar-refractivity contribution in [1.82, 2.24) is 10.2 Å². The normalized spacial score (nSPS) is 26.8. The number of ether oxygens (including phenoxy) is 3. The van der Waals surface area contributed by atoms with E-state index in [1.165, 1.54) is 32.1 Å². The van der Waals surface area contributed by atoms with Crippen LogP contribution >= 0.6 is 0 Å². The van der Waals surface area contributed by atoms with Gasteiger partial charge in [0.25, 0.3) is 5.91 Å². The van der Waals surface area contributed by atoms with Crippen molar-refractivity contribution in [2.75, 3.05) is 38.7 Å². The first-order chi connectivity index (χ1) is 18.5. The third kappa shape index (κ3) is 6.49. The number of carbonyl (C=O) groups is 3. The molecule has 5 rings (SSSR count). The summed E-state index contributed by atoms with van der Waals surface area (Å²) in [5.74, 6) is 0.817. The van der Waals surface area contributed by atoms with Gasteiger partial charge in [0.2, 0.25) is 11.8 Å². The third-order valence-electron chi connectivity index (χ3n) is 8.60. The first kappa shape index (κ1) is 26.9. The van der Waals surface area contributed by atoms with Gasteiger partial charge in [0, 0.05) is 38.4 Å². The maximum atomic E-state index is 13.5. The molecular weight excluding hydrogens is 486 g/mol. The Kier molecular flexibility index (Phi) is 8.84. The van der Waals surface area contributed by atoms with Gasteiger partial charge in [-0.25, -0.2) is 0 Å². The van der Waals surface area contributed by atoms with E-state index in [2.05, 4.69) is 10.6 Å². The van der Waals surface area contributed by atoms with Crippen LogP contribution in [0.5, 0.6) is 5.75 Å². The van der Waals surface area contributed by atoms with Crippen molar-refractivity contribution in [3.8, 4) is 5.75 Å². The summed E-state index contributed by atoms with van der Waals surface area (Å²) in [7, 11) is 1.79. The monoisotopic (exact) mass is 527 g/mol. The molecule has 1 aliphatic carbocycles. The van der Waals surface area contributed by atoms with Gasteiger partial charge >= 0.3 is 0 Å². The Morgan fingerprint density at radius 1 is 1.03 bits per heavy atom. The molecule has 0 radical (unpaired) electrons. The highest BCUT2D eigenvalue weighted by Crippen LogP contribution is 2.33. The molecule has 0 bridgehead atoms. The van der Waals surface area contributed by atoms with Gasteiger partial charge in [-0.3, -0.25) is 14.4 Å². The highest BCUT2D eigenvalue weighted by molar-refractivity contribution is 6.00. The van der Waals surface area contributed by atoms with Crippen LogP contribution in [-0.2, 0) is 19.1 Å². The summed E-state index contributed by atoms with van der Waals surface area (Å²) < 4.78 is 17.7. The Hall–Kier alpha value is -2.65. The van der Waals surface area contributed by atoms with Gasteiger partial charge in [0.15, 0.2) is 0 Å². The predicted molar refractivity (Wildman–Crippen MR) is 142 cm³/mol. The number of nitrogens with one attached hydrogen (secondary N) is 2. The van der Waals surface area contributed by atoms with Crippen LogP contribution in [0.1, 0.15) is 74.6 Å². The van der Waals surface area contributed by atoms with E-state index in [0.29, 0.717) is 68.4 Å². The van der Waals surface area contributed by atoms with Crippen LogP contribution in [0.25, 0.3) is 0 Å². The molecule has 208 valence electrons. The summed E-state index contributed by atoms with van der Waals surface area (Å²) in [6.07, 6.45) is 8.93. The van der Waals surface area contributed by atoms with E-state index in [0.717, 1.165) is 13.0 Å². The molecule has 1 saturated carbocycles. The van der Waals surface area contributed by atoms with Gasteiger partial charge in [-0.1, -0.05) is 19.3 Å². The van der Waals surface area contributed by atoms with Crippen LogP contribution in [0.2, 0.25) is 0 Å². The van der Waals surface area contributed by atoms with Gasteiger partial charge in [0.1, 0.15) is 18.5 Å². The second kappa shape index (κ2) is 12.5. The molecule has 9 nitrogen and oxygen atoms in total. The summed E-state index contributed by atoms with van der Waals surface area (Å²) in [6.45, 7) is 2.24. The number of anilines is 1. The molecule has 38 heavy (non-hydrogen) atoms. The van der Waals surface area contributed by atoms with Crippen LogP contribution < -0.4 is 15.4 Å². The van der Waals surface area contributed by atoms with E-state index < -0.39 is 0 Å². The number of nitrogens with zero attached hydrogens (tertiary/aromatic N) is 1. The highest BCUT2D eigenvalue weighted by atomic mass is 16.5. The minimum atomic E-state index is -0.310. The SMILES string of the molecule is CN1C(=O)c2cc(NC(=O)C3CCOCC3)ccc2OC[C@H]2O[C@H](CC(=O)NCC3CCCCC3)CC[C@H]21. The molecule has 2 N–H and O–H groups in total. The Morgan fingerprint density at radius 3 is 2.61 bits per heavy atom.